The summed E-state index contributed by atoms with van der Waals surface area (Å²) < 4.78 is 35.4. The van der Waals surface area contributed by atoms with Gasteiger partial charge in [0.2, 0.25) is 13.4 Å². The summed E-state index contributed by atoms with van der Waals surface area (Å²) in [7, 11) is 0.975. The number of nitrogens with zero attached hydrogens (tertiary/aromatic N) is 3. The normalized spacial score (nSPS) is 40.3. The molecule has 31 heavy (non-hydrogen) atoms. The van der Waals surface area contributed by atoms with Crippen molar-refractivity contribution in [3.63, 3.8) is 0 Å². The third-order valence-corrected chi connectivity index (χ3v) is 5.46. The summed E-state index contributed by atoms with van der Waals surface area (Å²) in [6, 6.07) is -1.11. The molecule has 2 saturated heterocycles. The Hall–Kier alpha value is 1.84. The Labute approximate surface area is 260 Å². The SMILES string of the molecule is [3H][B]SO[C@H]1C(CC)O[C@@H](O[C@H]2C(C)O[C@@H](OC(C)=N)C(O)[C@H]2C)C(N=[N+]=[N-])[C@H]1O.[Ac].[Ac]. The van der Waals surface area contributed by atoms with E-state index in [2.05, 4.69) is 10.0 Å². The summed E-state index contributed by atoms with van der Waals surface area (Å²) >= 11 is 0.742. The standard InChI is InChI=1S/C16H28BN4O7S.2Ac/c1-5-9-14(28-29-17)12(23)10(20-21-19)15(26-9)27-13-6(2)11(22)16(24-7(13)3)25-8(4)18;;/h6-7,9-18,22-23H,5H2,1-4H3;;/t6-,7?,9?,10?,11?,12-,13-,14+,15+,16+;;/m1../s1/i17T;;. The van der Waals surface area contributed by atoms with Crippen molar-refractivity contribution in [3.8, 4) is 0 Å². The van der Waals surface area contributed by atoms with E-state index in [1.807, 2.05) is 6.92 Å². The largest absolute Gasteiger partial charge is 0.450 e. The van der Waals surface area contributed by atoms with Gasteiger partial charge in [0.1, 0.15) is 18.2 Å². The molecule has 3 N–H and O–H groups in total. The summed E-state index contributed by atoms with van der Waals surface area (Å²) in [5.41, 5.74) is 8.96. The van der Waals surface area contributed by atoms with Crippen LogP contribution in [-0.2, 0) is 23.1 Å². The summed E-state index contributed by atoms with van der Waals surface area (Å²) in [6.45, 7) is 6.76. The predicted molar refractivity (Wildman–Crippen MR) is 106 cm³/mol. The zero-order valence-electron chi connectivity index (χ0n) is 18.9. The van der Waals surface area contributed by atoms with Crippen molar-refractivity contribution in [2.24, 2.45) is 11.0 Å². The van der Waals surface area contributed by atoms with Crippen LogP contribution in [0.25, 0.3) is 10.4 Å². The minimum atomic E-state index is -1.23. The molecule has 0 bridgehead atoms. The van der Waals surface area contributed by atoms with Crippen LogP contribution in [0.5, 0.6) is 0 Å². The molecule has 2 heterocycles. The van der Waals surface area contributed by atoms with Crippen molar-refractivity contribution in [3.05, 3.63) is 10.4 Å². The van der Waals surface area contributed by atoms with Gasteiger partial charge in [-0.25, -0.2) is 0 Å². The van der Waals surface area contributed by atoms with Crippen LogP contribution in [0.4, 0.5) is 0 Å². The molecule has 3 radical (unpaired) electrons. The molecule has 0 saturated carbocycles. The van der Waals surface area contributed by atoms with Crippen LogP contribution in [0.15, 0.2) is 5.11 Å². The van der Waals surface area contributed by atoms with Gasteiger partial charge in [-0.15, -0.1) is 0 Å². The molecule has 15 heteroatoms. The molecule has 0 aromatic rings. The maximum atomic E-state index is 10.8. The average molecular weight is 887 g/mol. The molecule has 4 unspecified atom stereocenters. The minimum absolute atomic E-state index is 0. The first kappa shape index (κ1) is 30.9. The van der Waals surface area contributed by atoms with Gasteiger partial charge in [0.15, 0.2) is 12.2 Å². The quantitative estimate of drug-likeness (QED) is 0.0624. The van der Waals surface area contributed by atoms with Crippen LogP contribution >= 0.6 is 11.9 Å². The van der Waals surface area contributed by atoms with Gasteiger partial charge in [0.25, 0.3) is 0 Å². The fourth-order valence-electron chi connectivity index (χ4n) is 3.61. The van der Waals surface area contributed by atoms with Crippen LogP contribution in [0, 0.1) is 99.5 Å². The first-order valence-electron chi connectivity index (χ1n) is 9.93. The molecule has 0 aromatic heterocycles. The van der Waals surface area contributed by atoms with E-state index in [0.29, 0.717) is 6.42 Å². The molecule has 0 aromatic carbocycles. The number of azide groups is 1. The van der Waals surface area contributed by atoms with Gasteiger partial charge in [-0.3, -0.25) is 5.41 Å². The molecule has 10 atom stereocenters. The summed E-state index contributed by atoms with van der Waals surface area (Å²) in [5.74, 6) is -0.548. The first-order chi connectivity index (χ1) is 14.2. The third-order valence-electron chi connectivity index (χ3n) is 5.13. The molecule has 0 spiro atoms. The molecular formula is C16H28Ac2BN4O7S. The molecule has 2 fully saturated rings. The monoisotopic (exact) mass is 887 g/mol. The number of rotatable bonds is 8. The summed E-state index contributed by atoms with van der Waals surface area (Å²) in [4.78, 5) is 2.79. The van der Waals surface area contributed by atoms with Crippen LogP contribution in [0.3, 0.4) is 0 Å². The maximum Gasteiger partial charge on any atom is 0.228 e. The van der Waals surface area contributed by atoms with Crippen molar-refractivity contribution < 1.29 is 121 Å². The van der Waals surface area contributed by atoms with E-state index in [1.165, 1.54) is 6.92 Å². The van der Waals surface area contributed by atoms with E-state index < -0.39 is 61.2 Å². The molecule has 2 rings (SSSR count). The van der Waals surface area contributed by atoms with Crippen molar-refractivity contribution in [2.45, 2.75) is 89.4 Å². The molecule has 0 amide bonds. The Balaban J connectivity index is 0.00000480. The zero-order chi connectivity index (χ0) is 22.4. The van der Waals surface area contributed by atoms with Crippen molar-refractivity contribution >= 4 is 24.9 Å². The number of hydrogen-bond acceptors (Lipinski definition) is 10. The van der Waals surface area contributed by atoms with Crippen molar-refractivity contribution in [1.82, 2.24) is 0 Å². The Morgan fingerprint density at radius 2 is 1.94 bits per heavy atom. The smallest absolute Gasteiger partial charge is 0.228 e. The molecule has 2 aliphatic rings. The van der Waals surface area contributed by atoms with Crippen LogP contribution in [0.2, 0.25) is 0 Å². The van der Waals surface area contributed by atoms with Crippen LogP contribution in [0.1, 0.15) is 34.1 Å². The van der Waals surface area contributed by atoms with Gasteiger partial charge in [-0.05, 0) is 20.2 Å². The third kappa shape index (κ3) is 8.47. The van der Waals surface area contributed by atoms with Gasteiger partial charge in [0.05, 0.1) is 24.4 Å². The zero-order valence-corrected chi connectivity index (χ0v) is 28.2. The fourth-order valence-corrected chi connectivity index (χ4v) is 3.98. The van der Waals surface area contributed by atoms with Crippen molar-refractivity contribution in [1.29, 1.82) is 6.74 Å². The van der Waals surface area contributed by atoms with E-state index in [4.69, 9.17) is 35.4 Å². The van der Waals surface area contributed by atoms with E-state index in [-0.39, 0.29) is 94.0 Å². The van der Waals surface area contributed by atoms with Crippen molar-refractivity contribution in [2.75, 3.05) is 0 Å². The van der Waals surface area contributed by atoms with E-state index in [0.717, 1.165) is 19.0 Å². The van der Waals surface area contributed by atoms with E-state index in [1.54, 1.807) is 13.8 Å². The van der Waals surface area contributed by atoms with Gasteiger partial charge < -0.3 is 33.3 Å². The molecular weight excluding hydrogens is 857 g/mol. The number of ether oxygens (including phenoxy) is 4. The number of hydrogen-bond donors (Lipinski definition) is 3. The average Bonchev–Trinajstić information content (AvgIpc) is 2.70. The second-order valence-corrected chi connectivity index (χ2v) is 7.51. The predicted octanol–water partition coefficient (Wildman–Crippen LogP) is 1.15. The Morgan fingerprint density at radius 1 is 1.26 bits per heavy atom. The Bertz CT molecular complexity index is 645. The van der Waals surface area contributed by atoms with Crippen LogP contribution in [-0.4, -0.2) is 79.8 Å². The van der Waals surface area contributed by atoms with E-state index >= 15 is 0 Å². The van der Waals surface area contributed by atoms with E-state index in [9.17, 15) is 10.2 Å². The molecule has 11 nitrogen and oxygen atoms in total. The first-order valence-corrected chi connectivity index (χ1v) is 10.2. The van der Waals surface area contributed by atoms with Crippen LogP contribution < -0.4 is 0 Å². The van der Waals surface area contributed by atoms with Gasteiger partial charge in [-0.2, -0.15) is 0 Å². The summed E-state index contributed by atoms with van der Waals surface area (Å²) in [6.07, 6.45) is -6.52. The minimum Gasteiger partial charge on any atom is -0.450 e. The number of aliphatic hydroxyl groups excluding tert-OH is 2. The van der Waals surface area contributed by atoms with Gasteiger partial charge >= 0.3 is 0 Å². The second kappa shape index (κ2) is 15.8. The number of aliphatic hydroxyl groups is 2. The molecule has 2 aliphatic heterocycles. The fraction of sp³-hybridized carbons (Fsp3) is 0.938. The Morgan fingerprint density at radius 3 is 2.48 bits per heavy atom. The molecule has 0 aliphatic carbocycles. The van der Waals surface area contributed by atoms with Gasteiger partial charge in [0, 0.05) is 106 Å². The molecule has 169 valence electrons. The topological polar surface area (TPSA) is 159 Å². The van der Waals surface area contributed by atoms with Gasteiger partial charge in [-0.1, -0.05) is 30.9 Å². The second-order valence-electron chi connectivity index (χ2n) is 7.13. The maximum absolute atomic E-state index is 10.8. The Kier molecular flexibility index (Phi) is 15.7. The summed E-state index contributed by atoms with van der Waals surface area (Å²) in [5, 5.41) is 32.4. The number of nitrogens with one attached hydrogen (secondary N) is 1.